The third-order valence-electron chi connectivity index (χ3n) is 3.30. The Balaban J connectivity index is 2.24. The lowest BCUT2D eigenvalue weighted by atomic mass is 10.3. The smallest absolute Gasteiger partial charge is 0.238 e. The van der Waals surface area contributed by atoms with E-state index in [1.807, 2.05) is 6.07 Å². The van der Waals surface area contributed by atoms with Crippen LogP contribution in [0.1, 0.15) is 31.2 Å². The lowest BCUT2D eigenvalue weighted by Gasteiger charge is -2.22. The number of rotatable bonds is 3. The van der Waals surface area contributed by atoms with E-state index in [1.165, 1.54) is 17.5 Å². The highest BCUT2D eigenvalue weighted by molar-refractivity contribution is 7.93. The van der Waals surface area contributed by atoms with Gasteiger partial charge in [-0.15, -0.1) is 0 Å². The van der Waals surface area contributed by atoms with Crippen molar-refractivity contribution in [1.82, 2.24) is 4.98 Å². The molecule has 0 N–H and O–H groups in total. The molecule has 1 heterocycles. The van der Waals surface area contributed by atoms with Crippen LogP contribution in [0.15, 0.2) is 18.3 Å². The predicted octanol–water partition coefficient (Wildman–Crippen LogP) is 1.66. The van der Waals surface area contributed by atoms with E-state index in [1.54, 1.807) is 12.1 Å². The molecule has 1 aliphatic carbocycles. The van der Waals surface area contributed by atoms with E-state index in [0.717, 1.165) is 25.7 Å². The van der Waals surface area contributed by atoms with Gasteiger partial charge in [0.15, 0.2) is 0 Å². The molecule has 0 amide bonds. The molecule has 0 radical (unpaired) electrons. The summed E-state index contributed by atoms with van der Waals surface area (Å²) >= 11 is 0. The number of nitrogens with zero attached hydrogens (tertiary/aromatic N) is 3. The van der Waals surface area contributed by atoms with Gasteiger partial charge >= 0.3 is 0 Å². The number of sulfonamides is 1. The van der Waals surface area contributed by atoms with Crippen LogP contribution in [-0.4, -0.2) is 25.7 Å². The van der Waals surface area contributed by atoms with Crippen LogP contribution >= 0.6 is 0 Å². The summed E-state index contributed by atoms with van der Waals surface area (Å²) in [5, 5.41) is 8.39. The van der Waals surface area contributed by atoms with Gasteiger partial charge in [-0.1, -0.05) is 12.8 Å². The molecule has 0 spiro atoms. The first-order valence-corrected chi connectivity index (χ1v) is 7.40. The van der Waals surface area contributed by atoms with Gasteiger partial charge < -0.3 is 0 Å². The molecule has 0 bridgehead atoms. The molecule has 18 heavy (non-hydrogen) atoms. The first-order valence-electron chi connectivity index (χ1n) is 5.89. The molecule has 1 fully saturated rings. The van der Waals surface area contributed by atoms with Crippen molar-refractivity contribution in [3.63, 3.8) is 0 Å². The SMILES string of the molecule is CN(c1ccc(C#N)cn1)S(=O)(=O)C1CCCC1. The van der Waals surface area contributed by atoms with Gasteiger partial charge in [-0.05, 0) is 25.0 Å². The second kappa shape index (κ2) is 4.94. The van der Waals surface area contributed by atoms with Crippen LogP contribution in [0, 0.1) is 11.3 Å². The Labute approximate surface area is 107 Å². The average Bonchev–Trinajstić information content (AvgIpc) is 2.92. The minimum Gasteiger partial charge on any atom is -0.257 e. The first kappa shape index (κ1) is 12.8. The molecule has 2 rings (SSSR count). The zero-order valence-electron chi connectivity index (χ0n) is 10.2. The highest BCUT2D eigenvalue weighted by Gasteiger charge is 2.32. The summed E-state index contributed by atoms with van der Waals surface area (Å²) in [6.07, 6.45) is 4.78. The Morgan fingerprint density at radius 1 is 1.39 bits per heavy atom. The number of hydrogen-bond donors (Lipinski definition) is 0. The normalized spacial score (nSPS) is 16.4. The van der Waals surface area contributed by atoms with E-state index in [0.29, 0.717) is 11.4 Å². The third kappa shape index (κ3) is 2.31. The van der Waals surface area contributed by atoms with Gasteiger partial charge in [0.05, 0.1) is 10.8 Å². The van der Waals surface area contributed by atoms with Crippen molar-refractivity contribution in [3.8, 4) is 6.07 Å². The minimum atomic E-state index is -3.32. The number of anilines is 1. The third-order valence-corrected chi connectivity index (χ3v) is 5.57. The fraction of sp³-hybridized carbons (Fsp3) is 0.500. The monoisotopic (exact) mass is 265 g/mol. The minimum absolute atomic E-state index is 0.292. The van der Waals surface area contributed by atoms with Crippen LogP contribution in [0.3, 0.4) is 0 Å². The van der Waals surface area contributed by atoms with Crippen molar-refractivity contribution in [2.24, 2.45) is 0 Å². The van der Waals surface area contributed by atoms with Crippen LogP contribution in [0.2, 0.25) is 0 Å². The van der Waals surface area contributed by atoms with Crippen molar-refractivity contribution < 1.29 is 8.42 Å². The molecule has 0 atom stereocenters. The Morgan fingerprint density at radius 3 is 2.56 bits per heavy atom. The summed E-state index contributed by atoms with van der Waals surface area (Å²) in [4.78, 5) is 4.01. The maximum absolute atomic E-state index is 12.3. The lowest BCUT2D eigenvalue weighted by Crippen LogP contribution is -2.35. The molecule has 5 nitrogen and oxygen atoms in total. The summed E-state index contributed by atoms with van der Waals surface area (Å²) in [6.45, 7) is 0. The second-order valence-electron chi connectivity index (χ2n) is 4.44. The van der Waals surface area contributed by atoms with E-state index in [9.17, 15) is 8.42 Å². The quantitative estimate of drug-likeness (QED) is 0.833. The van der Waals surface area contributed by atoms with Crippen LogP contribution in [0.25, 0.3) is 0 Å². The molecule has 0 saturated heterocycles. The van der Waals surface area contributed by atoms with Gasteiger partial charge in [-0.3, -0.25) is 4.31 Å². The second-order valence-corrected chi connectivity index (χ2v) is 6.68. The van der Waals surface area contributed by atoms with Crippen molar-refractivity contribution >= 4 is 15.8 Å². The lowest BCUT2D eigenvalue weighted by molar-refractivity contribution is 0.577. The van der Waals surface area contributed by atoms with Crippen LogP contribution < -0.4 is 4.31 Å². The number of aromatic nitrogens is 1. The van der Waals surface area contributed by atoms with E-state index in [4.69, 9.17) is 5.26 Å². The van der Waals surface area contributed by atoms with Gasteiger partial charge in [0.2, 0.25) is 10.0 Å². The van der Waals surface area contributed by atoms with Gasteiger partial charge in [0.25, 0.3) is 0 Å². The van der Waals surface area contributed by atoms with E-state index in [-0.39, 0.29) is 5.25 Å². The summed E-state index contributed by atoms with van der Waals surface area (Å²) < 4.78 is 25.8. The molecule has 6 heteroatoms. The summed E-state index contributed by atoms with van der Waals surface area (Å²) in [7, 11) is -1.81. The molecule has 1 aliphatic rings. The van der Waals surface area contributed by atoms with Crippen molar-refractivity contribution in [2.45, 2.75) is 30.9 Å². The molecular weight excluding hydrogens is 250 g/mol. The Bertz CT molecular complexity index is 554. The first-order chi connectivity index (χ1) is 8.55. The van der Waals surface area contributed by atoms with E-state index >= 15 is 0 Å². The number of pyridine rings is 1. The topological polar surface area (TPSA) is 74.1 Å². The highest BCUT2D eigenvalue weighted by Crippen LogP contribution is 2.28. The van der Waals surface area contributed by atoms with E-state index < -0.39 is 10.0 Å². The van der Waals surface area contributed by atoms with Crippen LogP contribution in [-0.2, 0) is 10.0 Å². The molecular formula is C12H15N3O2S. The van der Waals surface area contributed by atoms with Crippen molar-refractivity contribution in [2.75, 3.05) is 11.4 Å². The Kier molecular flexibility index (Phi) is 3.53. The average molecular weight is 265 g/mol. The standard InChI is InChI=1S/C12H15N3O2S/c1-15(12-7-6-10(8-13)9-14-12)18(16,17)11-4-2-3-5-11/h6-7,9,11H,2-5H2,1H3. The Morgan fingerprint density at radius 2 is 2.06 bits per heavy atom. The van der Waals surface area contributed by atoms with Crippen molar-refractivity contribution in [1.29, 1.82) is 5.26 Å². The summed E-state index contributed by atoms with van der Waals surface area (Å²) in [6, 6.07) is 5.09. The molecule has 1 aromatic rings. The maximum atomic E-state index is 12.3. The van der Waals surface area contributed by atoms with Gasteiger partial charge in [-0.2, -0.15) is 5.26 Å². The Hall–Kier alpha value is -1.61. The van der Waals surface area contributed by atoms with Crippen LogP contribution in [0.5, 0.6) is 0 Å². The predicted molar refractivity (Wildman–Crippen MR) is 68.5 cm³/mol. The molecule has 0 unspecified atom stereocenters. The van der Waals surface area contributed by atoms with Crippen molar-refractivity contribution in [3.05, 3.63) is 23.9 Å². The van der Waals surface area contributed by atoms with Gasteiger partial charge in [-0.25, -0.2) is 13.4 Å². The number of hydrogen-bond acceptors (Lipinski definition) is 4. The largest absolute Gasteiger partial charge is 0.257 e. The summed E-state index contributed by atoms with van der Waals surface area (Å²) in [5.74, 6) is 0.362. The highest BCUT2D eigenvalue weighted by atomic mass is 32.2. The zero-order chi connectivity index (χ0) is 13.2. The molecule has 1 saturated carbocycles. The maximum Gasteiger partial charge on any atom is 0.238 e. The van der Waals surface area contributed by atoms with Gasteiger partial charge in [0, 0.05) is 13.2 Å². The summed E-state index contributed by atoms with van der Waals surface area (Å²) in [5.41, 5.74) is 0.422. The fourth-order valence-electron chi connectivity index (χ4n) is 2.18. The zero-order valence-corrected chi connectivity index (χ0v) is 11.0. The molecule has 0 aliphatic heterocycles. The van der Waals surface area contributed by atoms with E-state index in [2.05, 4.69) is 4.98 Å². The molecule has 0 aromatic carbocycles. The molecule has 1 aromatic heterocycles. The van der Waals surface area contributed by atoms with Crippen LogP contribution in [0.4, 0.5) is 5.82 Å². The van der Waals surface area contributed by atoms with Gasteiger partial charge in [0.1, 0.15) is 11.9 Å². The molecule has 96 valence electrons. The number of nitriles is 1. The fourth-order valence-corrected chi connectivity index (χ4v) is 3.92.